The molecule has 0 unspecified atom stereocenters. The molecule has 1 aromatic carbocycles. The normalized spacial score (nSPS) is 16.7. The van der Waals surface area contributed by atoms with E-state index in [2.05, 4.69) is 11.4 Å². The van der Waals surface area contributed by atoms with Crippen molar-refractivity contribution < 1.29 is 9.13 Å². The first kappa shape index (κ1) is 12.0. The van der Waals surface area contributed by atoms with Crippen LogP contribution in [0.25, 0.3) is 0 Å². The van der Waals surface area contributed by atoms with Gasteiger partial charge in [-0.1, -0.05) is 0 Å². The Hall–Kier alpha value is -1.44. The molecule has 0 radical (unpaired) electrons. The van der Waals surface area contributed by atoms with Crippen LogP contribution in [0.5, 0.6) is 0 Å². The Kier molecular flexibility index (Phi) is 4.08. The van der Waals surface area contributed by atoms with Gasteiger partial charge in [-0.05, 0) is 36.6 Å². The summed E-state index contributed by atoms with van der Waals surface area (Å²) < 4.78 is 18.4. The van der Waals surface area contributed by atoms with E-state index in [1.54, 1.807) is 0 Å². The van der Waals surface area contributed by atoms with Crippen LogP contribution < -0.4 is 5.32 Å². The summed E-state index contributed by atoms with van der Waals surface area (Å²) in [5.41, 5.74) is 1.25. The molecule has 1 saturated heterocycles. The van der Waals surface area contributed by atoms with Crippen LogP contribution in [-0.2, 0) is 11.3 Å². The van der Waals surface area contributed by atoms with E-state index < -0.39 is 0 Å². The lowest BCUT2D eigenvalue weighted by Crippen LogP contribution is -2.34. The number of hydrogen-bond acceptors (Lipinski definition) is 3. The van der Waals surface area contributed by atoms with Crippen molar-refractivity contribution in [2.45, 2.75) is 25.4 Å². The quantitative estimate of drug-likeness (QED) is 0.869. The highest BCUT2D eigenvalue weighted by atomic mass is 19.1. The van der Waals surface area contributed by atoms with Crippen LogP contribution in [0.15, 0.2) is 18.2 Å². The molecule has 1 aliphatic rings. The Morgan fingerprint density at radius 2 is 2.18 bits per heavy atom. The van der Waals surface area contributed by atoms with Crippen LogP contribution in [0.2, 0.25) is 0 Å². The van der Waals surface area contributed by atoms with Crippen molar-refractivity contribution in [3.8, 4) is 6.07 Å². The van der Waals surface area contributed by atoms with Crippen molar-refractivity contribution in [2.75, 3.05) is 13.2 Å². The SMILES string of the molecule is N#Cc1ccc(F)cc1CNC1CCOCC1. The third-order valence-corrected chi connectivity index (χ3v) is 2.99. The standard InChI is InChI=1S/C13H15FN2O/c14-12-2-1-10(8-15)11(7-12)9-16-13-3-5-17-6-4-13/h1-2,7,13,16H,3-6,9H2. The summed E-state index contributed by atoms with van der Waals surface area (Å²) in [6, 6.07) is 6.74. The monoisotopic (exact) mass is 234 g/mol. The second-order valence-corrected chi connectivity index (χ2v) is 4.18. The lowest BCUT2D eigenvalue weighted by atomic mass is 10.1. The maximum absolute atomic E-state index is 13.1. The van der Waals surface area contributed by atoms with Crippen LogP contribution >= 0.6 is 0 Å². The minimum atomic E-state index is -0.298. The molecule has 0 aliphatic carbocycles. The van der Waals surface area contributed by atoms with Gasteiger partial charge in [-0.2, -0.15) is 5.26 Å². The van der Waals surface area contributed by atoms with Gasteiger partial charge in [-0.3, -0.25) is 0 Å². The second kappa shape index (κ2) is 5.76. The molecule has 2 rings (SSSR count). The number of nitrogens with one attached hydrogen (secondary N) is 1. The fourth-order valence-electron chi connectivity index (χ4n) is 1.97. The van der Waals surface area contributed by atoms with E-state index in [0.29, 0.717) is 18.2 Å². The van der Waals surface area contributed by atoms with Gasteiger partial charge in [0.2, 0.25) is 0 Å². The maximum atomic E-state index is 13.1. The molecule has 4 heteroatoms. The molecule has 0 saturated carbocycles. The van der Waals surface area contributed by atoms with Gasteiger partial charge in [0, 0.05) is 25.8 Å². The summed E-state index contributed by atoms with van der Waals surface area (Å²) in [6.45, 7) is 2.07. The molecule has 0 bridgehead atoms. The Bertz CT molecular complexity index is 422. The van der Waals surface area contributed by atoms with Crippen molar-refractivity contribution in [1.29, 1.82) is 5.26 Å². The van der Waals surface area contributed by atoms with E-state index in [-0.39, 0.29) is 5.82 Å². The summed E-state index contributed by atoms with van der Waals surface area (Å²) in [5.74, 6) is -0.298. The summed E-state index contributed by atoms with van der Waals surface area (Å²) in [5, 5.41) is 12.3. The van der Waals surface area contributed by atoms with Crippen molar-refractivity contribution in [3.05, 3.63) is 35.1 Å². The highest BCUT2D eigenvalue weighted by molar-refractivity contribution is 5.37. The van der Waals surface area contributed by atoms with Crippen LogP contribution in [0.3, 0.4) is 0 Å². The van der Waals surface area contributed by atoms with Crippen LogP contribution in [0, 0.1) is 17.1 Å². The fourth-order valence-corrected chi connectivity index (χ4v) is 1.97. The van der Waals surface area contributed by atoms with Gasteiger partial charge in [0.15, 0.2) is 0 Å². The van der Waals surface area contributed by atoms with E-state index in [4.69, 9.17) is 10.00 Å². The molecule has 90 valence electrons. The topological polar surface area (TPSA) is 45.0 Å². The molecule has 0 amide bonds. The van der Waals surface area contributed by atoms with Gasteiger partial charge in [0.05, 0.1) is 11.6 Å². The number of ether oxygens (including phenoxy) is 1. The molecule has 1 N–H and O–H groups in total. The van der Waals surface area contributed by atoms with Gasteiger partial charge in [-0.25, -0.2) is 4.39 Å². The Labute approximate surface area is 100 Å². The number of benzene rings is 1. The minimum absolute atomic E-state index is 0.298. The highest BCUT2D eigenvalue weighted by Crippen LogP contribution is 2.12. The number of nitrogens with zero attached hydrogens (tertiary/aromatic N) is 1. The number of nitriles is 1. The first-order chi connectivity index (χ1) is 8.29. The third-order valence-electron chi connectivity index (χ3n) is 2.99. The van der Waals surface area contributed by atoms with Gasteiger partial charge in [0.25, 0.3) is 0 Å². The molecule has 0 atom stereocenters. The summed E-state index contributed by atoms with van der Waals surface area (Å²) >= 11 is 0. The van der Waals surface area contributed by atoms with Gasteiger partial charge in [-0.15, -0.1) is 0 Å². The molecule has 17 heavy (non-hydrogen) atoms. The van der Waals surface area contributed by atoms with Crippen molar-refractivity contribution >= 4 is 0 Å². The zero-order valence-electron chi connectivity index (χ0n) is 9.58. The van der Waals surface area contributed by atoms with Gasteiger partial charge in [0.1, 0.15) is 5.82 Å². The molecule has 0 spiro atoms. The zero-order chi connectivity index (χ0) is 12.1. The Morgan fingerprint density at radius 3 is 2.88 bits per heavy atom. The van der Waals surface area contributed by atoms with Gasteiger partial charge < -0.3 is 10.1 Å². The third kappa shape index (κ3) is 3.26. The lowest BCUT2D eigenvalue weighted by molar-refractivity contribution is 0.0776. The maximum Gasteiger partial charge on any atom is 0.123 e. The fraction of sp³-hybridized carbons (Fsp3) is 0.462. The smallest absolute Gasteiger partial charge is 0.123 e. The van der Waals surface area contributed by atoms with Crippen molar-refractivity contribution in [3.63, 3.8) is 0 Å². The molecule has 1 aliphatic heterocycles. The average Bonchev–Trinajstić information content (AvgIpc) is 2.38. The van der Waals surface area contributed by atoms with E-state index in [0.717, 1.165) is 31.6 Å². The molecule has 1 heterocycles. The number of hydrogen-bond donors (Lipinski definition) is 1. The van der Waals surface area contributed by atoms with Gasteiger partial charge >= 0.3 is 0 Å². The summed E-state index contributed by atoms with van der Waals surface area (Å²) in [6.07, 6.45) is 1.94. The van der Waals surface area contributed by atoms with E-state index >= 15 is 0 Å². The zero-order valence-corrected chi connectivity index (χ0v) is 9.58. The molecule has 1 fully saturated rings. The molecule has 0 aromatic heterocycles. The summed E-state index contributed by atoms with van der Waals surface area (Å²) in [7, 11) is 0. The van der Waals surface area contributed by atoms with Crippen molar-refractivity contribution in [2.24, 2.45) is 0 Å². The van der Waals surface area contributed by atoms with Crippen LogP contribution in [0.1, 0.15) is 24.0 Å². The molecule has 3 nitrogen and oxygen atoms in total. The number of rotatable bonds is 3. The van der Waals surface area contributed by atoms with E-state index in [9.17, 15) is 4.39 Å². The summed E-state index contributed by atoms with van der Waals surface area (Å²) in [4.78, 5) is 0. The highest BCUT2D eigenvalue weighted by Gasteiger charge is 2.13. The predicted octanol–water partition coefficient (Wildman–Crippen LogP) is 1.97. The minimum Gasteiger partial charge on any atom is -0.381 e. The predicted molar refractivity (Wildman–Crippen MR) is 61.8 cm³/mol. The average molecular weight is 234 g/mol. The first-order valence-electron chi connectivity index (χ1n) is 5.79. The molecular weight excluding hydrogens is 219 g/mol. The van der Waals surface area contributed by atoms with Crippen LogP contribution in [0.4, 0.5) is 4.39 Å². The second-order valence-electron chi connectivity index (χ2n) is 4.18. The molecular formula is C13H15FN2O. The Morgan fingerprint density at radius 1 is 1.41 bits per heavy atom. The van der Waals surface area contributed by atoms with Crippen molar-refractivity contribution in [1.82, 2.24) is 5.32 Å². The molecule has 1 aromatic rings. The van der Waals surface area contributed by atoms with Crippen LogP contribution in [-0.4, -0.2) is 19.3 Å². The lowest BCUT2D eigenvalue weighted by Gasteiger charge is -2.23. The largest absolute Gasteiger partial charge is 0.381 e. The number of halogens is 1. The Balaban J connectivity index is 1.98. The van der Waals surface area contributed by atoms with E-state index in [1.165, 1.54) is 18.2 Å². The van der Waals surface area contributed by atoms with E-state index in [1.807, 2.05) is 0 Å². The first-order valence-corrected chi connectivity index (χ1v) is 5.79.